The number of benzene rings is 1. The molecule has 182 valence electrons. The Bertz CT molecular complexity index is 1380. The number of aromatic nitrogens is 3. The molecule has 0 spiro atoms. The third kappa shape index (κ3) is 5.20. The molecule has 10 heteroatoms. The van der Waals surface area contributed by atoms with Crippen LogP contribution in [0.2, 0.25) is 0 Å². The van der Waals surface area contributed by atoms with Crippen LogP contribution >= 0.6 is 0 Å². The van der Waals surface area contributed by atoms with E-state index in [1.54, 1.807) is 43.5 Å². The molecule has 1 unspecified atom stereocenters. The molecule has 0 aliphatic carbocycles. The number of anilines is 2. The highest BCUT2D eigenvalue weighted by Gasteiger charge is 2.24. The second-order valence-electron chi connectivity index (χ2n) is 8.38. The molecule has 0 saturated carbocycles. The summed E-state index contributed by atoms with van der Waals surface area (Å²) in [4.78, 5) is 44.8. The molecule has 1 fully saturated rings. The van der Waals surface area contributed by atoms with Crippen molar-refractivity contribution in [2.75, 3.05) is 30.4 Å². The second kappa shape index (κ2) is 10.4. The number of methoxy groups -OCH3 is 1. The molecule has 1 aromatic carbocycles. The molecular weight excluding hydrogens is 448 g/mol. The molecule has 35 heavy (non-hydrogen) atoms. The zero-order valence-electron chi connectivity index (χ0n) is 19.8. The Morgan fingerprint density at radius 1 is 1.31 bits per heavy atom. The van der Waals surface area contributed by atoms with Crippen LogP contribution < -0.4 is 21.5 Å². The lowest BCUT2D eigenvalue weighted by Gasteiger charge is -2.31. The number of rotatable bonds is 6. The molecule has 0 radical (unpaired) electrons. The van der Waals surface area contributed by atoms with Crippen LogP contribution in [0.5, 0.6) is 0 Å². The van der Waals surface area contributed by atoms with E-state index in [0.29, 0.717) is 41.3 Å². The Kier molecular flexibility index (Phi) is 7.17. The number of imidazole rings is 1. The van der Waals surface area contributed by atoms with Gasteiger partial charge in [-0.15, -0.1) is 5.92 Å². The molecule has 1 aliphatic heterocycles. The number of fused-ring (bicyclic) bond motifs is 1. The molecule has 1 atom stereocenters. The smallest absolute Gasteiger partial charge is 0.411 e. The van der Waals surface area contributed by atoms with Crippen LogP contribution in [0.3, 0.4) is 0 Å². The highest BCUT2D eigenvalue weighted by Crippen LogP contribution is 2.23. The van der Waals surface area contributed by atoms with Crippen LogP contribution in [-0.4, -0.2) is 52.2 Å². The SMILES string of the molecule is CC#CCn1c(N2CCCC(N)C2)nc2ccn(CC(=O)c3cccc(NC(=O)OC)c3)c(=O)c21. The Morgan fingerprint density at radius 2 is 2.14 bits per heavy atom. The van der Waals surface area contributed by atoms with Crippen molar-refractivity contribution in [2.24, 2.45) is 5.73 Å². The third-order valence-electron chi connectivity index (χ3n) is 5.94. The van der Waals surface area contributed by atoms with Gasteiger partial charge in [-0.3, -0.25) is 19.5 Å². The first-order valence-corrected chi connectivity index (χ1v) is 11.4. The summed E-state index contributed by atoms with van der Waals surface area (Å²) in [6.07, 6.45) is 2.85. The third-order valence-corrected chi connectivity index (χ3v) is 5.94. The highest BCUT2D eigenvalue weighted by molar-refractivity contribution is 5.97. The summed E-state index contributed by atoms with van der Waals surface area (Å²) in [5, 5.41) is 2.53. The molecule has 0 bridgehead atoms. The molecule has 1 saturated heterocycles. The van der Waals surface area contributed by atoms with Crippen molar-refractivity contribution in [1.82, 2.24) is 14.1 Å². The molecule has 3 aromatic rings. The van der Waals surface area contributed by atoms with E-state index >= 15 is 0 Å². The number of pyridine rings is 1. The van der Waals surface area contributed by atoms with Crippen LogP contribution in [-0.2, 0) is 17.8 Å². The fourth-order valence-electron chi connectivity index (χ4n) is 4.22. The molecule has 2 aromatic heterocycles. The predicted octanol–water partition coefficient (Wildman–Crippen LogP) is 2.21. The van der Waals surface area contributed by atoms with Crippen molar-refractivity contribution in [3.8, 4) is 11.8 Å². The lowest BCUT2D eigenvalue weighted by Crippen LogP contribution is -2.44. The Hall–Kier alpha value is -4.10. The Balaban J connectivity index is 1.68. The lowest BCUT2D eigenvalue weighted by molar-refractivity contribution is 0.0971. The van der Waals surface area contributed by atoms with E-state index in [1.807, 2.05) is 4.57 Å². The van der Waals surface area contributed by atoms with Crippen LogP contribution in [0.25, 0.3) is 11.0 Å². The van der Waals surface area contributed by atoms with E-state index in [1.165, 1.54) is 11.7 Å². The number of nitrogens with one attached hydrogen (secondary N) is 1. The monoisotopic (exact) mass is 476 g/mol. The van der Waals surface area contributed by atoms with Crippen LogP contribution in [0, 0.1) is 11.8 Å². The fraction of sp³-hybridized carbons (Fsp3) is 0.360. The number of carbonyl (C=O) groups is 2. The van der Waals surface area contributed by atoms with E-state index in [0.717, 1.165) is 19.4 Å². The molecular formula is C25H28N6O4. The highest BCUT2D eigenvalue weighted by atomic mass is 16.5. The standard InChI is InChI=1S/C25H28N6O4/c1-3-4-12-31-22-20(28-24(31)30-11-6-8-18(26)15-30)10-13-29(23(22)33)16-21(32)17-7-5-9-19(14-17)27-25(34)35-2/h5,7,9-10,13-14,18H,6,8,11-12,15-16,26H2,1-2H3,(H,27,34). The van der Waals surface area contributed by atoms with Crippen molar-refractivity contribution in [3.05, 3.63) is 52.4 Å². The zero-order valence-corrected chi connectivity index (χ0v) is 19.8. The minimum absolute atomic E-state index is 0.0491. The topological polar surface area (TPSA) is 124 Å². The Labute approximate surface area is 202 Å². The average molecular weight is 477 g/mol. The van der Waals surface area contributed by atoms with Gasteiger partial charge in [-0.25, -0.2) is 9.78 Å². The summed E-state index contributed by atoms with van der Waals surface area (Å²) in [5.74, 6) is 6.30. The minimum atomic E-state index is -0.634. The van der Waals surface area contributed by atoms with Crippen molar-refractivity contribution >= 4 is 34.5 Å². The summed E-state index contributed by atoms with van der Waals surface area (Å²) in [5.41, 5.74) is 7.59. The maximum Gasteiger partial charge on any atom is 0.411 e. The van der Waals surface area contributed by atoms with E-state index in [-0.39, 0.29) is 23.9 Å². The van der Waals surface area contributed by atoms with E-state index in [2.05, 4.69) is 26.8 Å². The summed E-state index contributed by atoms with van der Waals surface area (Å²) < 4.78 is 7.77. The largest absolute Gasteiger partial charge is 0.453 e. The first kappa shape index (κ1) is 24.0. The lowest BCUT2D eigenvalue weighted by atomic mass is 10.1. The summed E-state index contributed by atoms with van der Waals surface area (Å²) in [7, 11) is 1.26. The number of hydrogen-bond acceptors (Lipinski definition) is 7. The number of nitrogens with two attached hydrogens (primary N) is 1. The predicted molar refractivity (Wildman–Crippen MR) is 134 cm³/mol. The van der Waals surface area contributed by atoms with Crippen molar-refractivity contribution in [2.45, 2.75) is 38.9 Å². The van der Waals surface area contributed by atoms with Gasteiger partial charge in [0.1, 0.15) is 5.52 Å². The van der Waals surface area contributed by atoms with Gasteiger partial charge >= 0.3 is 6.09 Å². The molecule has 10 nitrogen and oxygen atoms in total. The van der Waals surface area contributed by atoms with Crippen LogP contribution in [0.4, 0.5) is 16.4 Å². The van der Waals surface area contributed by atoms with Gasteiger partial charge in [0.2, 0.25) is 5.95 Å². The van der Waals surface area contributed by atoms with Gasteiger partial charge in [-0.2, -0.15) is 0 Å². The van der Waals surface area contributed by atoms with Crippen LogP contribution in [0.1, 0.15) is 30.1 Å². The van der Waals surface area contributed by atoms with E-state index < -0.39 is 6.09 Å². The average Bonchev–Trinajstić information content (AvgIpc) is 3.23. The van der Waals surface area contributed by atoms with Gasteiger partial charge in [-0.1, -0.05) is 18.1 Å². The number of ketones is 1. The molecule has 1 aliphatic rings. The minimum Gasteiger partial charge on any atom is -0.453 e. The zero-order chi connectivity index (χ0) is 24.9. The summed E-state index contributed by atoms with van der Waals surface area (Å²) >= 11 is 0. The number of piperidine rings is 1. The van der Waals surface area contributed by atoms with E-state index in [9.17, 15) is 14.4 Å². The maximum absolute atomic E-state index is 13.5. The fourth-order valence-corrected chi connectivity index (χ4v) is 4.22. The Morgan fingerprint density at radius 3 is 2.89 bits per heavy atom. The van der Waals surface area contributed by atoms with Gasteiger partial charge < -0.3 is 19.9 Å². The first-order chi connectivity index (χ1) is 16.9. The van der Waals surface area contributed by atoms with Gasteiger partial charge in [0.05, 0.1) is 25.7 Å². The number of Topliss-reactive ketones (excluding diaryl/α,β-unsaturated/α-hetero) is 1. The number of amides is 1. The van der Waals surface area contributed by atoms with Crippen LogP contribution in [0.15, 0.2) is 41.3 Å². The number of hydrogen-bond donors (Lipinski definition) is 2. The van der Waals surface area contributed by atoms with Crippen molar-refractivity contribution < 1.29 is 14.3 Å². The number of ether oxygens (including phenoxy) is 1. The molecule has 3 N–H and O–H groups in total. The van der Waals surface area contributed by atoms with Gasteiger partial charge in [-0.05, 0) is 38.0 Å². The first-order valence-electron chi connectivity index (χ1n) is 11.4. The van der Waals surface area contributed by atoms with Gasteiger partial charge in [0.15, 0.2) is 5.78 Å². The number of nitrogens with zero attached hydrogens (tertiary/aromatic N) is 4. The summed E-state index contributed by atoms with van der Waals surface area (Å²) in [6.45, 7) is 3.36. The maximum atomic E-state index is 13.5. The quantitative estimate of drug-likeness (QED) is 0.413. The van der Waals surface area contributed by atoms with Crippen molar-refractivity contribution in [1.29, 1.82) is 0 Å². The molecule has 1 amide bonds. The summed E-state index contributed by atoms with van der Waals surface area (Å²) in [6, 6.07) is 8.26. The molecule has 3 heterocycles. The van der Waals surface area contributed by atoms with Crippen molar-refractivity contribution in [3.63, 3.8) is 0 Å². The van der Waals surface area contributed by atoms with Gasteiger partial charge in [0, 0.05) is 36.6 Å². The molecule has 4 rings (SSSR count). The van der Waals surface area contributed by atoms with E-state index in [4.69, 9.17) is 10.7 Å². The second-order valence-corrected chi connectivity index (χ2v) is 8.38. The van der Waals surface area contributed by atoms with Gasteiger partial charge in [0.25, 0.3) is 5.56 Å². The normalized spacial score (nSPS) is 15.4. The number of carbonyl (C=O) groups excluding carboxylic acids is 2.